The summed E-state index contributed by atoms with van der Waals surface area (Å²) in [4.78, 5) is 10.3. The predicted molar refractivity (Wildman–Crippen MR) is 54.8 cm³/mol. The first-order chi connectivity index (χ1) is 7.16. The van der Waals surface area contributed by atoms with Crippen LogP contribution in [-0.2, 0) is 4.79 Å². The summed E-state index contributed by atoms with van der Waals surface area (Å²) in [6.07, 6.45) is 0. The van der Waals surface area contributed by atoms with E-state index in [1.807, 2.05) is 0 Å². The number of carbonyl (C=O) groups is 1. The number of carboxylic acids is 1. The van der Waals surface area contributed by atoms with E-state index in [1.54, 1.807) is 18.2 Å². The molecule has 1 N–H and O–H groups in total. The van der Waals surface area contributed by atoms with E-state index in [1.165, 1.54) is 0 Å². The largest absolute Gasteiger partial charge is 0.479 e. The van der Waals surface area contributed by atoms with Crippen molar-refractivity contribution in [2.45, 2.75) is 0 Å². The van der Waals surface area contributed by atoms with Crippen LogP contribution in [0, 0.1) is 0 Å². The van der Waals surface area contributed by atoms with E-state index in [-0.39, 0.29) is 5.88 Å². The van der Waals surface area contributed by atoms with Gasteiger partial charge in [-0.2, -0.15) is 0 Å². The molecule has 2 aromatic rings. The second-order valence-electron chi connectivity index (χ2n) is 2.81. The standard InChI is InChI=1S/C9H6BrNO4/c10-5-1-2-7-6(3-5)9(11-15-7)14-4-8(12)13/h1-3H,4H2,(H,12,13). The van der Waals surface area contributed by atoms with Crippen LogP contribution >= 0.6 is 15.9 Å². The SMILES string of the molecule is O=C(O)COc1noc2ccc(Br)cc12. The maximum atomic E-state index is 10.3. The smallest absolute Gasteiger partial charge is 0.341 e. The molecule has 0 bridgehead atoms. The molecular weight excluding hydrogens is 266 g/mol. The van der Waals surface area contributed by atoms with E-state index in [0.29, 0.717) is 11.0 Å². The van der Waals surface area contributed by atoms with Gasteiger partial charge in [0.25, 0.3) is 5.88 Å². The minimum Gasteiger partial charge on any atom is -0.479 e. The number of aliphatic carboxylic acids is 1. The van der Waals surface area contributed by atoms with Crippen LogP contribution in [0.4, 0.5) is 0 Å². The number of aromatic nitrogens is 1. The molecule has 1 heterocycles. The zero-order valence-electron chi connectivity index (χ0n) is 7.44. The summed E-state index contributed by atoms with van der Waals surface area (Å²) in [6.45, 7) is -0.436. The molecule has 0 amide bonds. The van der Waals surface area contributed by atoms with Crippen molar-refractivity contribution < 1.29 is 19.2 Å². The van der Waals surface area contributed by atoms with Crippen LogP contribution in [-0.4, -0.2) is 22.8 Å². The fourth-order valence-electron chi connectivity index (χ4n) is 1.12. The van der Waals surface area contributed by atoms with E-state index in [0.717, 1.165) is 4.47 Å². The lowest BCUT2D eigenvalue weighted by molar-refractivity contribution is -0.139. The summed E-state index contributed by atoms with van der Waals surface area (Å²) in [7, 11) is 0. The Morgan fingerprint density at radius 3 is 3.13 bits per heavy atom. The highest BCUT2D eigenvalue weighted by Crippen LogP contribution is 2.27. The zero-order chi connectivity index (χ0) is 10.8. The second-order valence-corrected chi connectivity index (χ2v) is 3.73. The molecule has 2 rings (SSSR count). The lowest BCUT2D eigenvalue weighted by atomic mass is 10.3. The van der Waals surface area contributed by atoms with Crippen molar-refractivity contribution in [3.05, 3.63) is 22.7 Å². The third kappa shape index (κ3) is 2.10. The van der Waals surface area contributed by atoms with Gasteiger partial charge in [-0.05, 0) is 23.4 Å². The van der Waals surface area contributed by atoms with E-state index in [2.05, 4.69) is 21.1 Å². The Morgan fingerprint density at radius 1 is 1.60 bits per heavy atom. The van der Waals surface area contributed by atoms with Crippen LogP contribution in [0.3, 0.4) is 0 Å². The molecule has 1 aromatic carbocycles. The maximum Gasteiger partial charge on any atom is 0.341 e. The van der Waals surface area contributed by atoms with Gasteiger partial charge in [-0.1, -0.05) is 15.9 Å². The van der Waals surface area contributed by atoms with Crippen LogP contribution in [0.25, 0.3) is 11.0 Å². The van der Waals surface area contributed by atoms with E-state index >= 15 is 0 Å². The molecule has 0 unspecified atom stereocenters. The first-order valence-corrected chi connectivity index (χ1v) is 4.85. The molecule has 78 valence electrons. The minimum atomic E-state index is -1.05. The zero-order valence-corrected chi connectivity index (χ0v) is 9.02. The molecule has 0 aliphatic carbocycles. The number of fused-ring (bicyclic) bond motifs is 1. The van der Waals surface area contributed by atoms with Crippen molar-refractivity contribution in [2.24, 2.45) is 0 Å². The van der Waals surface area contributed by atoms with Crippen LogP contribution in [0.1, 0.15) is 0 Å². The topological polar surface area (TPSA) is 72.6 Å². The molecule has 5 nitrogen and oxygen atoms in total. The lowest BCUT2D eigenvalue weighted by Gasteiger charge is -1.97. The number of hydrogen-bond acceptors (Lipinski definition) is 4. The first-order valence-electron chi connectivity index (χ1n) is 4.06. The summed E-state index contributed by atoms with van der Waals surface area (Å²) < 4.78 is 10.7. The molecule has 0 aliphatic rings. The van der Waals surface area contributed by atoms with Crippen molar-refractivity contribution in [2.75, 3.05) is 6.61 Å². The monoisotopic (exact) mass is 271 g/mol. The van der Waals surface area contributed by atoms with Gasteiger partial charge in [-0.3, -0.25) is 0 Å². The Labute approximate surface area is 92.7 Å². The number of halogens is 1. The Hall–Kier alpha value is -1.56. The van der Waals surface area contributed by atoms with Gasteiger partial charge in [-0.15, -0.1) is 0 Å². The van der Waals surface area contributed by atoms with E-state index in [4.69, 9.17) is 14.4 Å². The third-order valence-electron chi connectivity index (χ3n) is 1.73. The van der Waals surface area contributed by atoms with Gasteiger partial charge in [-0.25, -0.2) is 4.79 Å². The average molecular weight is 272 g/mol. The van der Waals surface area contributed by atoms with Crippen LogP contribution in [0.2, 0.25) is 0 Å². The number of ether oxygens (including phenoxy) is 1. The van der Waals surface area contributed by atoms with Gasteiger partial charge in [0.1, 0.15) is 0 Å². The van der Waals surface area contributed by atoms with Crippen molar-refractivity contribution in [3.63, 3.8) is 0 Å². The molecule has 0 saturated carbocycles. The first kappa shape index (κ1) is 9.97. The van der Waals surface area contributed by atoms with Crippen LogP contribution < -0.4 is 4.74 Å². The number of nitrogens with zero attached hydrogens (tertiary/aromatic N) is 1. The molecule has 0 atom stereocenters. The predicted octanol–water partition coefficient (Wildman–Crippen LogP) is 2.05. The van der Waals surface area contributed by atoms with Crippen LogP contribution in [0.5, 0.6) is 5.88 Å². The summed E-state index contributed by atoms with van der Waals surface area (Å²) in [5.41, 5.74) is 0.554. The van der Waals surface area contributed by atoms with Gasteiger partial charge in [0, 0.05) is 4.47 Å². The van der Waals surface area contributed by atoms with Gasteiger partial charge in [0.15, 0.2) is 12.2 Å². The summed E-state index contributed by atoms with van der Waals surface area (Å²) >= 11 is 3.29. The van der Waals surface area contributed by atoms with Crippen molar-refractivity contribution in [1.82, 2.24) is 5.16 Å². The number of carboxylic acid groups (broad SMARTS) is 1. The molecular formula is C9H6BrNO4. The minimum absolute atomic E-state index is 0.189. The average Bonchev–Trinajstić information content (AvgIpc) is 2.57. The molecule has 6 heteroatoms. The highest BCUT2D eigenvalue weighted by molar-refractivity contribution is 9.10. The van der Waals surface area contributed by atoms with Gasteiger partial charge in [0.05, 0.1) is 5.39 Å². The second kappa shape index (κ2) is 3.90. The normalized spacial score (nSPS) is 10.5. The summed E-state index contributed by atoms with van der Waals surface area (Å²) in [5, 5.41) is 12.7. The molecule has 0 aliphatic heterocycles. The van der Waals surface area contributed by atoms with Crippen molar-refractivity contribution in [1.29, 1.82) is 0 Å². The fraction of sp³-hybridized carbons (Fsp3) is 0.111. The Balaban J connectivity index is 2.35. The van der Waals surface area contributed by atoms with Crippen molar-refractivity contribution >= 4 is 32.9 Å². The van der Waals surface area contributed by atoms with E-state index in [9.17, 15) is 4.79 Å². The third-order valence-corrected chi connectivity index (χ3v) is 2.22. The lowest BCUT2D eigenvalue weighted by Crippen LogP contribution is -2.09. The Kier molecular flexibility index (Phi) is 2.59. The summed E-state index contributed by atoms with van der Waals surface area (Å²) in [5.74, 6) is -0.866. The molecule has 15 heavy (non-hydrogen) atoms. The Morgan fingerprint density at radius 2 is 2.40 bits per heavy atom. The van der Waals surface area contributed by atoms with E-state index < -0.39 is 12.6 Å². The molecule has 0 radical (unpaired) electrons. The molecule has 0 saturated heterocycles. The fourth-order valence-corrected chi connectivity index (χ4v) is 1.48. The van der Waals surface area contributed by atoms with Gasteiger partial charge >= 0.3 is 5.97 Å². The highest BCUT2D eigenvalue weighted by atomic mass is 79.9. The maximum absolute atomic E-state index is 10.3. The molecule has 0 spiro atoms. The van der Waals surface area contributed by atoms with Gasteiger partial charge in [0.2, 0.25) is 0 Å². The number of benzene rings is 1. The number of rotatable bonds is 3. The highest BCUT2D eigenvalue weighted by Gasteiger charge is 2.10. The number of hydrogen-bond donors (Lipinski definition) is 1. The molecule has 0 fully saturated rings. The molecule has 1 aromatic heterocycles. The van der Waals surface area contributed by atoms with Crippen LogP contribution in [0.15, 0.2) is 27.2 Å². The Bertz CT molecular complexity index is 508. The quantitative estimate of drug-likeness (QED) is 0.925. The van der Waals surface area contributed by atoms with Gasteiger partial charge < -0.3 is 14.4 Å². The van der Waals surface area contributed by atoms with Crippen molar-refractivity contribution in [3.8, 4) is 5.88 Å². The summed E-state index contributed by atoms with van der Waals surface area (Å²) in [6, 6.07) is 5.28.